The number of benzene rings is 7. The van der Waals surface area contributed by atoms with E-state index in [0.29, 0.717) is 0 Å². The third-order valence-corrected chi connectivity index (χ3v) is 11.0. The molecule has 0 amide bonds. The van der Waals surface area contributed by atoms with E-state index in [4.69, 9.17) is 4.98 Å². The third-order valence-electron chi connectivity index (χ3n) is 11.0. The van der Waals surface area contributed by atoms with Gasteiger partial charge in [-0.3, -0.25) is 4.57 Å². The van der Waals surface area contributed by atoms with E-state index < -0.39 is 0 Å². The van der Waals surface area contributed by atoms with Gasteiger partial charge in [0.25, 0.3) is 0 Å². The van der Waals surface area contributed by atoms with Crippen molar-refractivity contribution in [3.05, 3.63) is 127 Å². The van der Waals surface area contributed by atoms with Gasteiger partial charge >= 0.3 is 0 Å². The molecule has 0 unspecified atom stereocenters. The van der Waals surface area contributed by atoms with E-state index in [0.717, 1.165) is 22.5 Å². The van der Waals surface area contributed by atoms with Crippen LogP contribution in [-0.4, -0.2) is 72.3 Å². The Labute approximate surface area is 302 Å². The van der Waals surface area contributed by atoms with Crippen molar-refractivity contribution in [2.24, 2.45) is 0 Å². The largest absolute Gasteiger partial charge is 0.298 e. The average Bonchev–Trinajstić information content (AvgIpc) is 3.53. The molecule has 10 heteroatoms. The molecule has 0 aliphatic rings. The number of imidazole rings is 1. The third kappa shape index (κ3) is 5.11. The normalized spacial score (nSPS) is 11.8. The molecule has 50 heavy (non-hydrogen) atoms. The molecule has 0 aliphatic heterocycles. The predicted octanol–water partition coefficient (Wildman–Crippen LogP) is -1.37. The van der Waals surface area contributed by atoms with Crippen LogP contribution in [0.25, 0.3) is 71.6 Å². The van der Waals surface area contributed by atoms with Gasteiger partial charge in [0.05, 0.1) is 40.4 Å². The second-order valence-electron chi connectivity index (χ2n) is 15.0. The summed E-state index contributed by atoms with van der Waals surface area (Å²) < 4.78 is 2.33. The topological polar surface area (TPSA) is 17.8 Å². The minimum absolute atomic E-state index is 0.105. The van der Waals surface area contributed by atoms with Crippen molar-refractivity contribution in [2.45, 2.75) is 5.11 Å². The molecule has 230 valence electrons. The Bertz CT molecular complexity index is 2550. The summed E-state index contributed by atoms with van der Waals surface area (Å²) in [7, 11) is 18.0. The minimum Gasteiger partial charge on any atom is -0.298 e. The summed E-state index contributed by atoms with van der Waals surface area (Å²) >= 11 is 0. The molecule has 8 rings (SSSR count). The summed E-state index contributed by atoms with van der Waals surface area (Å²) in [5, 5.41) is 4.95. The number of fused-ring (bicyclic) bond motifs is 3. The van der Waals surface area contributed by atoms with Crippen LogP contribution < -0.4 is 27.3 Å². The molecule has 2 nitrogen and oxygen atoms in total. The van der Waals surface area contributed by atoms with Crippen molar-refractivity contribution in [3.63, 3.8) is 0 Å². The fraction of sp³-hybridized carbons (Fsp3) is 0.0250. The first kappa shape index (κ1) is 32.3. The van der Waals surface area contributed by atoms with E-state index in [1.165, 1.54) is 82.2 Å². The average molecular weight is 631 g/mol. The summed E-state index contributed by atoms with van der Waals surface area (Å²) in [5.41, 5.74) is 17.8. The first-order valence-corrected chi connectivity index (χ1v) is 17.7. The zero-order valence-corrected chi connectivity index (χ0v) is 30.4. The Morgan fingerprint density at radius 2 is 0.900 bits per heavy atom. The molecular formula is C40H36B8N2. The van der Waals surface area contributed by atoms with Crippen molar-refractivity contribution in [2.75, 3.05) is 0 Å². The molecule has 8 aromatic rings. The summed E-state index contributed by atoms with van der Waals surface area (Å²) in [6.45, 7) is 0. The Morgan fingerprint density at radius 1 is 0.440 bits per heavy atom. The number of para-hydroxylation sites is 2. The molecule has 0 saturated carbocycles. The second-order valence-corrected chi connectivity index (χ2v) is 15.0. The van der Waals surface area contributed by atoms with Gasteiger partial charge in [0.15, 0.2) is 0 Å². The molecule has 0 radical (unpaired) electrons. The number of rotatable bonds is 5. The highest BCUT2D eigenvalue weighted by Gasteiger charge is 2.24. The van der Waals surface area contributed by atoms with Gasteiger partial charge in [0.2, 0.25) is 0 Å². The minimum atomic E-state index is -0.105. The molecule has 0 spiro atoms. The fourth-order valence-corrected chi connectivity index (χ4v) is 8.08. The second kappa shape index (κ2) is 12.1. The van der Waals surface area contributed by atoms with Crippen LogP contribution in [0.2, 0.25) is 0 Å². The Morgan fingerprint density at radius 3 is 1.44 bits per heavy atom. The highest BCUT2D eigenvalue weighted by atomic mass is 15.1. The lowest BCUT2D eigenvalue weighted by atomic mass is 9.42. The molecule has 0 saturated heterocycles. The number of aromatic nitrogens is 2. The van der Waals surface area contributed by atoms with Crippen molar-refractivity contribution in [3.8, 4) is 39.1 Å². The summed E-state index contributed by atoms with van der Waals surface area (Å²) in [5.74, 6) is 1.07. The molecular weight excluding hydrogens is 595 g/mol. The lowest BCUT2D eigenvalue weighted by Crippen LogP contribution is -2.55. The summed E-state index contributed by atoms with van der Waals surface area (Å²) in [6.07, 6.45) is 0. The first-order chi connectivity index (χ1) is 24.0. The smallest absolute Gasteiger partial charge is 0.139 e. The van der Waals surface area contributed by atoms with Crippen LogP contribution in [0, 0.1) is 0 Å². The molecule has 0 atom stereocenters. The van der Waals surface area contributed by atoms with Crippen LogP contribution in [0.5, 0.6) is 0 Å². The van der Waals surface area contributed by atoms with Gasteiger partial charge in [0, 0.05) is 5.69 Å². The number of nitrogens with zero attached hydrogens (tertiary/aromatic N) is 2. The van der Waals surface area contributed by atoms with Crippen LogP contribution in [0.1, 0.15) is 5.82 Å². The molecule has 1 heterocycles. The lowest BCUT2D eigenvalue weighted by Gasteiger charge is -2.22. The molecule has 7 aromatic carbocycles. The Kier molecular flexibility index (Phi) is 7.83. The first-order valence-electron chi connectivity index (χ1n) is 17.7. The van der Waals surface area contributed by atoms with Crippen LogP contribution in [0.15, 0.2) is 121 Å². The Balaban J connectivity index is 1.33. The van der Waals surface area contributed by atoms with Gasteiger partial charge in [-0.15, -0.1) is 16.4 Å². The van der Waals surface area contributed by atoms with Gasteiger partial charge < -0.3 is 0 Å². The molecule has 0 bridgehead atoms. The highest BCUT2D eigenvalue weighted by molar-refractivity contribution is 6.68. The van der Waals surface area contributed by atoms with Crippen molar-refractivity contribution in [1.82, 2.24) is 9.55 Å². The van der Waals surface area contributed by atoms with E-state index in [1.54, 1.807) is 0 Å². The van der Waals surface area contributed by atoms with Crippen LogP contribution in [0.4, 0.5) is 0 Å². The standard InChI is InChI=1S/C40H36B8N2/c41-34-33(35(42)37(44)38(45)36(34)43)23-9-7-8-22(20-23)32-27-12-3-1-10-25(27)31(26-11-2-4-13-28(26)32)21-16-18-24(19-17-21)50-30-15-6-5-14-29(30)49-39(50)40(46,47)48/h1-20H,41-48H2. The predicted molar refractivity (Wildman–Crippen MR) is 241 cm³/mol. The fourth-order valence-electron chi connectivity index (χ4n) is 8.08. The highest BCUT2D eigenvalue weighted by Crippen LogP contribution is 2.44. The van der Waals surface area contributed by atoms with Crippen molar-refractivity contribution < 1.29 is 0 Å². The Hall–Kier alpha value is -4.95. The molecule has 1 aromatic heterocycles. The zero-order valence-electron chi connectivity index (χ0n) is 30.4. The van der Waals surface area contributed by atoms with E-state index in [1.807, 2.05) is 0 Å². The zero-order chi connectivity index (χ0) is 34.9. The summed E-state index contributed by atoms with van der Waals surface area (Å²) in [4.78, 5) is 5.07. The molecule has 0 N–H and O–H groups in total. The molecule has 0 aliphatic carbocycles. The number of hydrogen-bond acceptors (Lipinski definition) is 1. The maximum atomic E-state index is 5.07. The summed E-state index contributed by atoms with van der Waals surface area (Å²) in [6, 6.07) is 44.6. The van der Waals surface area contributed by atoms with Crippen LogP contribution in [-0.2, 0) is 5.11 Å². The van der Waals surface area contributed by atoms with Gasteiger partial charge in [-0.05, 0) is 85.3 Å². The maximum absolute atomic E-state index is 5.07. The van der Waals surface area contributed by atoms with Crippen LogP contribution in [0.3, 0.4) is 0 Å². The van der Waals surface area contributed by atoms with Gasteiger partial charge in [-0.1, -0.05) is 107 Å². The van der Waals surface area contributed by atoms with E-state index in [2.05, 4.69) is 189 Å². The quantitative estimate of drug-likeness (QED) is 0.170. The lowest BCUT2D eigenvalue weighted by molar-refractivity contribution is 0.929. The van der Waals surface area contributed by atoms with Crippen molar-refractivity contribution in [1.29, 1.82) is 0 Å². The van der Waals surface area contributed by atoms with Gasteiger partial charge in [-0.25, -0.2) is 4.98 Å². The van der Waals surface area contributed by atoms with Gasteiger partial charge in [-0.2, -0.15) is 0 Å². The van der Waals surface area contributed by atoms with Crippen LogP contribution >= 0.6 is 0 Å². The molecule has 0 fully saturated rings. The van der Waals surface area contributed by atoms with Crippen molar-refractivity contribution >= 4 is 123 Å². The van der Waals surface area contributed by atoms with Gasteiger partial charge in [0.1, 0.15) is 39.2 Å². The maximum Gasteiger partial charge on any atom is 0.139 e. The monoisotopic (exact) mass is 632 g/mol. The van der Waals surface area contributed by atoms with E-state index >= 15 is 0 Å². The van der Waals surface area contributed by atoms with E-state index in [-0.39, 0.29) is 5.11 Å². The van der Waals surface area contributed by atoms with E-state index in [9.17, 15) is 0 Å². The SMILES string of the molecule is Bc1c(B)c(B)c(-c2cccc(-c3c4ccccc4c(-c4ccc(-n5c(C(B)(B)B)nc6ccccc65)cc4)c4ccccc34)c2)c(B)c1B. The number of hydrogen-bond donors (Lipinski definition) is 0.